The van der Waals surface area contributed by atoms with Crippen molar-refractivity contribution in [2.45, 2.75) is 19.4 Å². The van der Waals surface area contributed by atoms with Gasteiger partial charge in [-0.3, -0.25) is 0 Å². The minimum atomic E-state index is -0.952. The number of hydrogen-bond acceptors (Lipinski definition) is 2. The maximum atomic E-state index is 11.3. The first-order chi connectivity index (χ1) is 9.16. The molecular formula is C16H16O3. The standard InChI is InChI=1S/C16H16O3/c1-12-7-5-6-8-13(12)11-15(16(17)18)19-14-9-3-2-4-10-14/h2-10,15H,11H2,1H3,(H,17,18)/t15-/m0/s1. The summed E-state index contributed by atoms with van der Waals surface area (Å²) in [6.45, 7) is 1.97. The summed E-state index contributed by atoms with van der Waals surface area (Å²) in [5, 5.41) is 9.26. The SMILES string of the molecule is Cc1ccccc1C[C@H](Oc1ccccc1)C(=O)O. The molecule has 1 N–H and O–H groups in total. The van der Waals surface area contributed by atoms with Crippen LogP contribution in [-0.4, -0.2) is 17.2 Å². The van der Waals surface area contributed by atoms with E-state index in [9.17, 15) is 9.90 Å². The van der Waals surface area contributed by atoms with Crippen molar-refractivity contribution in [1.82, 2.24) is 0 Å². The Morgan fingerprint density at radius 1 is 1.11 bits per heavy atom. The average molecular weight is 256 g/mol. The van der Waals surface area contributed by atoms with Gasteiger partial charge in [-0.15, -0.1) is 0 Å². The van der Waals surface area contributed by atoms with Crippen LogP contribution in [0.4, 0.5) is 0 Å². The number of rotatable bonds is 5. The van der Waals surface area contributed by atoms with Crippen LogP contribution in [0.1, 0.15) is 11.1 Å². The summed E-state index contributed by atoms with van der Waals surface area (Å²) in [5.74, 6) is -0.379. The zero-order chi connectivity index (χ0) is 13.7. The van der Waals surface area contributed by atoms with Gasteiger partial charge in [0.25, 0.3) is 0 Å². The minimum Gasteiger partial charge on any atom is -0.478 e. The van der Waals surface area contributed by atoms with E-state index in [-0.39, 0.29) is 0 Å². The summed E-state index contributed by atoms with van der Waals surface area (Å²) in [6, 6.07) is 16.8. The molecule has 0 aromatic heterocycles. The molecule has 0 bridgehead atoms. The molecule has 0 radical (unpaired) electrons. The molecule has 0 amide bonds. The van der Waals surface area contributed by atoms with Crippen LogP contribution in [0, 0.1) is 6.92 Å². The fourth-order valence-corrected chi connectivity index (χ4v) is 1.88. The van der Waals surface area contributed by atoms with Crippen LogP contribution in [0.15, 0.2) is 54.6 Å². The number of ether oxygens (including phenoxy) is 1. The number of para-hydroxylation sites is 1. The van der Waals surface area contributed by atoms with E-state index >= 15 is 0 Å². The van der Waals surface area contributed by atoms with Gasteiger partial charge in [0.15, 0.2) is 6.10 Å². The monoisotopic (exact) mass is 256 g/mol. The highest BCUT2D eigenvalue weighted by atomic mass is 16.5. The van der Waals surface area contributed by atoms with Crippen LogP contribution < -0.4 is 4.74 Å². The van der Waals surface area contributed by atoms with Gasteiger partial charge in [-0.05, 0) is 30.2 Å². The van der Waals surface area contributed by atoms with Gasteiger partial charge in [-0.2, -0.15) is 0 Å². The van der Waals surface area contributed by atoms with E-state index in [0.717, 1.165) is 11.1 Å². The summed E-state index contributed by atoms with van der Waals surface area (Å²) in [7, 11) is 0. The lowest BCUT2D eigenvalue weighted by atomic mass is 10.0. The molecule has 3 heteroatoms. The van der Waals surface area contributed by atoms with Crippen molar-refractivity contribution in [2.24, 2.45) is 0 Å². The van der Waals surface area contributed by atoms with Gasteiger partial charge in [0, 0.05) is 6.42 Å². The van der Waals surface area contributed by atoms with Gasteiger partial charge < -0.3 is 9.84 Å². The predicted molar refractivity (Wildman–Crippen MR) is 73.4 cm³/mol. The number of hydrogen-bond donors (Lipinski definition) is 1. The molecule has 19 heavy (non-hydrogen) atoms. The Morgan fingerprint density at radius 3 is 2.37 bits per heavy atom. The number of benzene rings is 2. The van der Waals surface area contributed by atoms with E-state index in [1.807, 2.05) is 49.4 Å². The lowest BCUT2D eigenvalue weighted by Gasteiger charge is -2.16. The lowest BCUT2D eigenvalue weighted by Crippen LogP contribution is -2.29. The molecule has 0 aliphatic rings. The second-order valence-electron chi connectivity index (χ2n) is 4.39. The third-order valence-electron chi connectivity index (χ3n) is 2.96. The molecule has 0 fully saturated rings. The predicted octanol–water partition coefficient (Wildman–Crippen LogP) is 3.07. The zero-order valence-electron chi connectivity index (χ0n) is 10.7. The van der Waals surface area contributed by atoms with Crippen molar-refractivity contribution >= 4 is 5.97 Å². The molecular weight excluding hydrogens is 240 g/mol. The highest BCUT2D eigenvalue weighted by Gasteiger charge is 2.20. The molecule has 0 saturated carbocycles. The Kier molecular flexibility index (Phi) is 4.18. The maximum absolute atomic E-state index is 11.3. The van der Waals surface area contributed by atoms with E-state index in [2.05, 4.69) is 0 Å². The molecule has 0 saturated heterocycles. The highest BCUT2D eigenvalue weighted by molar-refractivity contribution is 5.73. The molecule has 3 nitrogen and oxygen atoms in total. The summed E-state index contributed by atoms with van der Waals surface area (Å²) in [6.07, 6.45) is -0.514. The molecule has 0 aliphatic heterocycles. The first-order valence-corrected chi connectivity index (χ1v) is 6.16. The van der Waals surface area contributed by atoms with Gasteiger partial charge in [0.2, 0.25) is 0 Å². The second kappa shape index (κ2) is 6.05. The van der Waals surface area contributed by atoms with Crippen LogP contribution in [0.25, 0.3) is 0 Å². The fourth-order valence-electron chi connectivity index (χ4n) is 1.88. The van der Waals surface area contributed by atoms with Crippen LogP contribution in [0.3, 0.4) is 0 Å². The third kappa shape index (κ3) is 3.58. The van der Waals surface area contributed by atoms with Crippen molar-refractivity contribution in [1.29, 1.82) is 0 Å². The Morgan fingerprint density at radius 2 is 1.74 bits per heavy atom. The van der Waals surface area contributed by atoms with E-state index < -0.39 is 12.1 Å². The number of aliphatic carboxylic acids is 1. The van der Waals surface area contributed by atoms with Crippen LogP contribution in [0.5, 0.6) is 5.75 Å². The molecule has 0 aliphatic carbocycles. The van der Waals surface area contributed by atoms with E-state index in [1.165, 1.54) is 0 Å². The quantitative estimate of drug-likeness (QED) is 0.894. The molecule has 2 aromatic carbocycles. The number of carbonyl (C=O) groups is 1. The lowest BCUT2D eigenvalue weighted by molar-refractivity contribution is -0.145. The van der Waals surface area contributed by atoms with Crippen LogP contribution in [-0.2, 0) is 11.2 Å². The van der Waals surface area contributed by atoms with Gasteiger partial charge in [0.1, 0.15) is 5.75 Å². The van der Waals surface area contributed by atoms with Gasteiger partial charge in [-0.25, -0.2) is 4.79 Å². The fraction of sp³-hybridized carbons (Fsp3) is 0.188. The third-order valence-corrected chi connectivity index (χ3v) is 2.96. The van der Waals surface area contributed by atoms with E-state index in [4.69, 9.17) is 4.74 Å². The Labute approximate surface area is 112 Å². The topological polar surface area (TPSA) is 46.5 Å². The second-order valence-corrected chi connectivity index (χ2v) is 4.39. The summed E-state index contributed by atoms with van der Waals surface area (Å²) < 4.78 is 5.54. The molecule has 0 heterocycles. The Balaban J connectivity index is 2.13. The van der Waals surface area contributed by atoms with Crippen molar-refractivity contribution in [2.75, 3.05) is 0 Å². The van der Waals surface area contributed by atoms with Crippen molar-refractivity contribution < 1.29 is 14.6 Å². The van der Waals surface area contributed by atoms with Crippen molar-refractivity contribution in [3.8, 4) is 5.75 Å². The van der Waals surface area contributed by atoms with Crippen LogP contribution >= 0.6 is 0 Å². The van der Waals surface area contributed by atoms with Gasteiger partial charge in [-0.1, -0.05) is 42.5 Å². The first-order valence-electron chi connectivity index (χ1n) is 6.16. The average Bonchev–Trinajstić information content (AvgIpc) is 2.41. The molecule has 2 aromatic rings. The number of aryl methyl sites for hydroxylation is 1. The van der Waals surface area contributed by atoms with Gasteiger partial charge in [0.05, 0.1) is 0 Å². The Bertz CT molecular complexity index is 549. The van der Waals surface area contributed by atoms with Crippen LogP contribution in [0.2, 0.25) is 0 Å². The number of carboxylic acids is 1. The first kappa shape index (κ1) is 13.1. The maximum Gasteiger partial charge on any atom is 0.345 e. The van der Waals surface area contributed by atoms with E-state index in [0.29, 0.717) is 12.2 Å². The van der Waals surface area contributed by atoms with Crippen molar-refractivity contribution in [3.63, 3.8) is 0 Å². The highest BCUT2D eigenvalue weighted by Crippen LogP contribution is 2.16. The normalized spacial score (nSPS) is 11.8. The molecule has 1 atom stereocenters. The largest absolute Gasteiger partial charge is 0.478 e. The zero-order valence-corrected chi connectivity index (χ0v) is 10.7. The molecule has 2 rings (SSSR count). The van der Waals surface area contributed by atoms with E-state index in [1.54, 1.807) is 12.1 Å². The molecule has 0 unspecified atom stereocenters. The molecule has 98 valence electrons. The summed E-state index contributed by atoms with van der Waals surface area (Å²) in [5.41, 5.74) is 2.07. The summed E-state index contributed by atoms with van der Waals surface area (Å²) >= 11 is 0. The smallest absolute Gasteiger partial charge is 0.345 e. The number of carboxylic acid groups (broad SMARTS) is 1. The molecule has 0 spiro atoms. The van der Waals surface area contributed by atoms with Gasteiger partial charge >= 0.3 is 5.97 Å². The summed E-state index contributed by atoms with van der Waals surface area (Å²) in [4.78, 5) is 11.3. The minimum absolute atomic E-state index is 0.358. The van der Waals surface area contributed by atoms with Crippen molar-refractivity contribution in [3.05, 3.63) is 65.7 Å². The Hall–Kier alpha value is -2.29.